The number of hydrogen-bond donors (Lipinski definition) is 2. The number of nitrogens with zero attached hydrogens (tertiary/aromatic N) is 2. The summed E-state index contributed by atoms with van der Waals surface area (Å²) in [6.45, 7) is 2.58. The highest BCUT2D eigenvalue weighted by Crippen LogP contribution is 2.31. The third-order valence-corrected chi connectivity index (χ3v) is 6.25. The van der Waals surface area contributed by atoms with E-state index in [9.17, 15) is 4.79 Å². The second kappa shape index (κ2) is 9.14. The number of anilines is 2. The number of thiazole rings is 1. The van der Waals surface area contributed by atoms with Crippen molar-refractivity contribution in [3.63, 3.8) is 0 Å². The Labute approximate surface area is 194 Å². The van der Waals surface area contributed by atoms with Crippen LogP contribution < -0.4 is 11.1 Å². The van der Waals surface area contributed by atoms with Crippen LogP contribution >= 0.6 is 34.5 Å². The molecule has 2 aromatic carbocycles. The molecule has 4 rings (SSSR count). The topological polar surface area (TPSA) is 72.9 Å². The van der Waals surface area contributed by atoms with Crippen LogP contribution in [0.4, 0.5) is 10.8 Å². The summed E-state index contributed by atoms with van der Waals surface area (Å²) in [6, 6.07) is 17.0. The number of primary amides is 1. The van der Waals surface area contributed by atoms with Gasteiger partial charge in [0.15, 0.2) is 5.13 Å². The fraction of sp³-hybridized carbons (Fsp3) is 0.130. The van der Waals surface area contributed by atoms with Crippen molar-refractivity contribution in [3.05, 3.63) is 86.8 Å². The number of carbonyl (C=O) groups is 1. The Balaban J connectivity index is 1.62. The number of benzene rings is 2. The quantitative estimate of drug-likeness (QED) is 0.332. The highest BCUT2D eigenvalue weighted by atomic mass is 35.5. The lowest BCUT2D eigenvalue weighted by Crippen LogP contribution is -2.13. The summed E-state index contributed by atoms with van der Waals surface area (Å²) < 4.78 is 2.09. The second-order valence-electron chi connectivity index (χ2n) is 7.09. The van der Waals surface area contributed by atoms with Crippen molar-refractivity contribution in [1.82, 2.24) is 9.55 Å². The molecule has 4 aromatic rings. The Morgan fingerprint density at radius 3 is 2.61 bits per heavy atom. The normalized spacial score (nSPS) is 10.9. The van der Waals surface area contributed by atoms with E-state index < -0.39 is 5.91 Å². The summed E-state index contributed by atoms with van der Waals surface area (Å²) >= 11 is 13.6. The zero-order chi connectivity index (χ0) is 22.0. The van der Waals surface area contributed by atoms with Gasteiger partial charge < -0.3 is 15.6 Å². The number of halogens is 2. The van der Waals surface area contributed by atoms with E-state index in [4.69, 9.17) is 33.9 Å². The summed E-state index contributed by atoms with van der Waals surface area (Å²) in [6.07, 6.45) is 0.765. The summed E-state index contributed by atoms with van der Waals surface area (Å²) in [4.78, 5) is 16.7. The summed E-state index contributed by atoms with van der Waals surface area (Å²) in [7, 11) is 0. The highest BCUT2D eigenvalue weighted by Gasteiger charge is 2.18. The Kier molecular flexibility index (Phi) is 6.32. The first-order chi connectivity index (χ1) is 14.9. The summed E-state index contributed by atoms with van der Waals surface area (Å²) in [5.74, 6) is -0.449. The first-order valence-electron chi connectivity index (χ1n) is 9.63. The predicted molar refractivity (Wildman–Crippen MR) is 129 cm³/mol. The Morgan fingerprint density at radius 2 is 1.90 bits per heavy atom. The molecule has 0 saturated carbocycles. The summed E-state index contributed by atoms with van der Waals surface area (Å²) in [5.41, 5.74) is 10.6. The van der Waals surface area contributed by atoms with E-state index in [2.05, 4.69) is 9.88 Å². The van der Waals surface area contributed by atoms with Crippen LogP contribution in [0.5, 0.6) is 0 Å². The van der Waals surface area contributed by atoms with Gasteiger partial charge in [-0.15, -0.1) is 11.3 Å². The molecule has 0 atom stereocenters. The van der Waals surface area contributed by atoms with Gasteiger partial charge in [-0.2, -0.15) is 0 Å². The Morgan fingerprint density at radius 1 is 1.13 bits per heavy atom. The molecule has 0 aliphatic carbocycles. The first-order valence-corrected chi connectivity index (χ1v) is 11.3. The van der Waals surface area contributed by atoms with Crippen molar-refractivity contribution >= 4 is 51.3 Å². The van der Waals surface area contributed by atoms with Crippen molar-refractivity contribution < 1.29 is 4.79 Å². The molecule has 158 valence electrons. The number of carbonyl (C=O) groups excluding carboxylic acids is 1. The smallest absolute Gasteiger partial charge is 0.250 e. The SMILES string of the molecule is Cc1c(C(N)=O)cc(-c2csc(Nc3ccc(Cl)cc3)n2)n1CCc1cccc(Cl)c1. The predicted octanol–water partition coefficient (Wildman–Crippen LogP) is 6.31. The number of aryl methyl sites for hydroxylation is 1. The van der Waals surface area contributed by atoms with Crippen molar-refractivity contribution in [2.24, 2.45) is 5.73 Å². The van der Waals surface area contributed by atoms with Crippen molar-refractivity contribution in [2.45, 2.75) is 19.9 Å². The van der Waals surface area contributed by atoms with Gasteiger partial charge in [0.25, 0.3) is 5.91 Å². The molecule has 2 heterocycles. The molecular weight excluding hydrogens is 451 g/mol. The molecule has 3 N–H and O–H groups in total. The van der Waals surface area contributed by atoms with E-state index in [1.54, 1.807) is 0 Å². The molecule has 0 unspecified atom stereocenters. The average Bonchev–Trinajstić information content (AvgIpc) is 3.32. The lowest BCUT2D eigenvalue weighted by molar-refractivity contribution is 0.0999. The van der Waals surface area contributed by atoms with Gasteiger partial charge in [0.05, 0.1) is 17.0 Å². The number of rotatable bonds is 7. The maximum Gasteiger partial charge on any atom is 0.250 e. The van der Waals surface area contributed by atoms with Gasteiger partial charge in [0.1, 0.15) is 0 Å². The molecule has 0 fully saturated rings. The maximum absolute atomic E-state index is 12.0. The van der Waals surface area contributed by atoms with E-state index in [-0.39, 0.29) is 0 Å². The van der Waals surface area contributed by atoms with E-state index in [0.29, 0.717) is 22.2 Å². The van der Waals surface area contributed by atoms with Crippen LogP contribution in [-0.4, -0.2) is 15.5 Å². The molecule has 8 heteroatoms. The van der Waals surface area contributed by atoms with E-state index in [0.717, 1.165) is 39.9 Å². The number of nitrogens with one attached hydrogen (secondary N) is 1. The maximum atomic E-state index is 12.0. The third kappa shape index (κ3) is 4.93. The van der Waals surface area contributed by atoms with Crippen LogP contribution in [0.1, 0.15) is 21.6 Å². The minimum absolute atomic E-state index is 0.449. The minimum Gasteiger partial charge on any atom is -0.366 e. The van der Waals surface area contributed by atoms with Crippen LogP contribution in [0.15, 0.2) is 60.0 Å². The highest BCUT2D eigenvalue weighted by molar-refractivity contribution is 7.14. The fourth-order valence-electron chi connectivity index (χ4n) is 3.43. The van der Waals surface area contributed by atoms with Crippen molar-refractivity contribution in [3.8, 4) is 11.4 Å². The molecule has 0 radical (unpaired) electrons. The molecule has 1 amide bonds. The summed E-state index contributed by atoms with van der Waals surface area (Å²) in [5, 5.41) is 7.38. The molecule has 0 aliphatic heterocycles. The van der Waals surface area contributed by atoms with Gasteiger partial charge in [0, 0.05) is 33.4 Å². The van der Waals surface area contributed by atoms with E-state index in [1.165, 1.54) is 11.3 Å². The van der Waals surface area contributed by atoms with Crippen molar-refractivity contribution in [1.29, 1.82) is 0 Å². The number of aromatic nitrogens is 2. The largest absolute Gasteiger partial charge is 0.366 e. The van der Waals surface area contributed by atoms with Gasteiger partial charge >= 0.3 is 0 Å². The van der Waals surface area contributed by atoms with Crippen LogP contribution in [0, 0.1) is 6.92 Å². The van der Waals surface area contributed by atoms with Gasteiger partial charge in [-0.25, -0.2) is 4.98 Å². The van der Waals surface area contributed by atoms with E-state index in [1.807, 2.05) is 66.9 Å². The number of nitrogens with two attached hydrogens (primary N) is 1. The van der Waals surface area contributed by atoms with Crippen LogP contribution in [0.25, 0.3) is 11.4 Å². The molecule has 0 saturated heterocycles. The van der Waals surface area contributed by atoms with Gasteiger partial charge in [-0.1, -0.05) is 35.3 Å². The van der Waals surface area contributed by atoms with Crippen LogP contribution in [-0.2, 0) is 13.0 Å². The molecule has 5 nitrogen and oxygen atoms in total. The first kappa shape index (κ1) is 21.4. The number of amides is 1. The van der Waals surface area contributed by atoms with Crippen LogP contribution in [0.2, 0.25) is 10.0 Å². The van der Waals surface area contributed by atoms with Crippen molar-refractivity contribution in [2.75, 3.05) is 5.32 Å². The monoisotopic (exact) mass is 470 g/mol. The standard InChI is InChI=1S/C23H20Cl2N4OS/c1-14-19(22(26)30)12-21(29(14)10-9-15-3-2-4-17(25)11-15)20-13-31-23(28-20)27-18-7-5-16(24)6-8-18/h2-8,11-13H,9-10H2,1H3,(H2,26,30)(H,27,28). The fourth-order valence-corrected chi connectivity index (χ4v) is 4.50. The lowest BCUT2D eigenvalue weighted by Gasteiger charge is -2.11. The zero-order valence-electron chi connectivity index (χ0n) is 16.7. The average molecular weight is 471 g/mol. The van der Waals surface area contributed by atoms with Crippen LogP contribution in [0.3, 0.4) is 0 Å². The lowest BCUT2D eigenvalue weighted by atomic mass is 10.1. The molecule has 0 aliphatic rings. The zero-order valence-corrected chi connectivity index (χ0v) is 19.1. The second-order valence-corrected chi connectivity index (χ2v) is 8.83. The van der Waals surface area contributed by atoms with Gasteiger partial charge in [-0.3, -0.25) is 4.79 Å². The van der Waals surface area contributed by atoms with E-state index >= 15 is 0 Å². The Bertz CT molecular complexity index is 1230. The number of hydrogen-bond acceptors (Lipinski definition) is 4. The third-order valence-electron chi connectivity index (χ3n) is 5.01. The molecule has 2 aromatic heterocycles. The molecule has 0 bridgehead atoms. The van der Waals surface area contributed by atoms with Gasteiger partial charge in [-0.05, 0) is 61.4 Å². The Hall–Kier alpha value is -2.80. The molecule has 0 spiro atoms. The van der Waals surface area contributed by atoms with Gasteiger partial charge in [0.2, 0.25) is 0 Å². The molecular formula is C23H20Cl2N4OS. The minimum atomic E-state index is -0.449. The molecule has 31 heavy (non-hydrogen) atoms.